The van der Waals surface area contributed by atoms with Crippen molar-refractivity contribution in [1.82, 2.24) is 16.0 Å². The zero-order valence-corrected chi connectivity index (χ0v) is 17.6. The summed E-state index contributed by atoms with van der Waals surface area (Å²) < 4.78 is 10.9. The van der Waals surface area contributed by atoms with Crippen LogP contribution in [-0.2, 0) is 6.61 Å². The molecule has 156 valence electrons. The third kappa shape index (κ3) is 5.18. The first-order valence-electron chi connectivity index (χ1n) is 9.39. The van der Waals surface area contributed by atoms with Crippen LogP contribution in [0.3, 0.4) is 0 Å². The van der Waals surface area contributed by atoms with Crippen molar-refractivity contribution in [3.8, 4) is 5.75 Å². The maximum atomic E-state index is 12.4. The van der Waals surface area contributed by atoms with E-state index in [-0.39, 0.29) is 5.92 Å². The lowest BCUT2D eigenvalue weighted by Gasteiger charge is -2.10. The zero-order chi connectivity index (χ0) is 21.7. The zero-order valence-electron chi connectivity index (χ0n) is 16.9. The SMILES string of the molecule is Cc1noc(C(C)C)c1C(=O)NNC(=O)c1ccc(COc2ccc(Cl)cc2)cc1. The molecule has 30 heavy (non-hydrogen) atoms. The first-order valence-corrected chi connectivity index (χ1v) is 9.77. The van der Waals surface area contributed by atoms with E-state index in [4.69, 9.17) is 20.9 Å². The number of carbonyl (C=O) groups excluding carboxylic acids is 2. The molecule has 2 amide bonds. The molecule has 0 saturated heterocycles. The molecule has 2 N–H and O–H groups in total. The molecule has 3 rings (SSSR count). The van der Waals surface area contributed by atoms with Gasteiger partial charge in [-0.2, -0.15) is 0 Å². The van der Waals surface area contributed by atoms with Crippen molar-refractivity contribution >= 4 is 23.4 Å². The van der Waals surface area contributed by atoms with Crippen LogP contribution >= 0.6 is 11.6 Å². The highest BCUT2D eigenvalue weighted by Crippen LogP contribution is 2.22. The normalized spacial score (nSPS) is 10.7. The van der Waals surface area contributed by atoms with Crippen molar-refractivity contribution in [3.63, 3.8) is 0 Å². The smallest absolute Gasteiger partial charge is 0.275 e. The van der Waals surface area contributed by atoms with Crippen molar-refractivity contribution in [2.24, 2.45) is 0 Å². The number of carbonyl (C=O) groups is 2. The summed E-state index contributed by atoms with van der Waals surface area (Å²) in [4.78, 5) is 24.8. The average molecular weight is 428 g/mol. The molecule has 0 saturated carbocycles. The predicted molar refractivity (Wildman–Crippen MR) is 112 cm³/mol. The first-order chi connectivity index (χ1) is 14.3. The summed E-state index contributed by atoms with van der Waals surface area (Å²) in [6.45, 7) is 5.82. The molecule has 0 unspecified atom stereocenters. The van der Waals surface area contributed by atoms with Crippen molar-refractivity contribution in [1.29, 1.82) is 0 Å². The Labute approximate surface area is 179 Å². The Morgan fingerprint density at radius 3 is 2.30 bits per heavy atom. The molecule has 0 aliphatic carbocycles. The van der Waals surface area contributed by atoms with Crippen molar-refractivity contribution in [3.05, 3.63) is 81.7 Å². The molecule has 1 aromatic heterocycles. The van der Waals surface area contributed by atoms with Gasteiger partial charge in [0, 0.05) is 16.5 Å². The molecule has 0 aliphatic heterocycles. The van der Waals surface area contributed by atoms with Gasteiger partial charge in [0.1, 0.15) is 17.9 Å². The number of hydrazine groups is 1. The van der Waals surface area contributed by atoms with Crippen molar-refractivity contribution in [2.75, 3.05) is 0 Å². The maximum absolute atomic E-state index is 12.4. The summed E-state index contributed by atoms with van der Waals surface area (Å²) in [6, 6.07) is 14.0. The number of aromatic nitrogens is 1. The van der Waals surface area contributed by atoms with Crippen LogP contribution in [0.2, 0.25) is 5.02 Å². The van der Waals surface area contributed by atoms with Gasteiger partial charge in [-0.25, -0.2) is 0 Å². The fourth-order valence-electron chi connectivity index (χ4n) is 2.76. The second-order valence-corrected chi connectivity index (χ2v) is 7.45. The molecule has 3 aromatic rings. The van der Waals surface area contributed by atoms with Crippen LogP contribution in [0.4, 0.5) is 0 Å². The molecule has 2 aromatic carbocycles. The van der Waals surface area contributed by atoms with Crippen LogP contribution in [0.5, 0.6) is 5.75 Å². The molecule has 8 heteroatoms. The minimum Gasteiger partial charge on any atom is -0.489 e. The minimum absolute atomic E-state index is 0.00899. The van der Waals surface area contributed by atoms with Gasteiger partial charge in [-0.05, 0) is 48.9 Å². The van der Waals surface area contributed by atoms with Crippen LogP contribution in [0.15, 0.2) is 53.1 Å². The fourth-order valence-corrected chi connectivity index (χ4v) is 2.88. The van der Waals surface area contributed by atoms with E-state index in [1.807, 2.05) is 13.8 Å². The molecular weight excluding hydrogens is 406 g/mol. The number of hydrogen-bond donors (Lipinski definition) is 2. The van der Waals surface area contributed by atoms with E-state index in [0.717, 1.165) is 5.56 Å². The van der Waals surface area contributed by atoms with Gasteiger partial charge in [-0.3, -0.25) is 20.4 Å². The van der Waals surface area contributed by atoms with E-state index in [0.29, 0.717) is 40.0 Å². The number of nitrogens with one attached hydrogen (secondary N) is 2. The van der Waals surface area contributed by atoms with Crippen LogP contribution in [0.1, 0.15) is 57.5 Å². The minimum atomic E-state index is -0.473. The molecule has 0 spiro atoms. The number of amides is 2. The van der Waals surface area contributed by atoms with Gasteiger partial charge in [0.05, 0.1) is 5.69 Å². The van der Waals surface area contributed by atoms with E-state index in [9.17, 15) is 9.59 Å². The number of aryl methyl sites for hydroxylation is 1. The maximum Gasteiger partial charge on any atom is 0.275 e. The van der Waals surface area contributed by atoms with Gasteiger partial charge in [-0.15, -0.1) is 0 Å². The Balaban J connectivity index is 1.55. The van der Waals surface area contributed by atoms with Crippen molar-refractivity contribution < 1.29 is 18.8 Å². The molecule has 0 aliphatic rings. The first kappa shape index (κ1) is 21.4. The largest absolute Gasteiger partial charge is 0.489 e. The molecular formula is C22H22ClN3O4. The summed E-state index contributed by atoms with van der Waals surface area (Å²) in [6.07, 6.45) is 0. The fraction of sp³-hybridized carbons (Fsp3) is 0.227. The third-order valence-corrected chi connectivity index (χ3v) is 4.62. The number of nitrogens with zero attached hydrogens (tertiary/aromatic N) is 1. The Morgan fingerprint density at radius 2 is 1.67 bits per heavy atom. The summed E-state index contributed by atoms with van der Waals surface area (Å²) in [5.41, 5.74) is 6.92. The second kappa shape index (κ2) is 9.45. The van der Waals surface area contributed by atoms with Crippen molar-refractivity contribution in [2.45, 2.75) is 33.3 Å². The van der Waals surface area contributed by atoms with Crippen LogP contribution in [0, 0.1) is 6.92 Å². The lowest BCUT2D eigenvalue weighted by atomic mass is 10.0. The Hall–Kier alpha value is -3.32. The molecule has 0 atom stereocenters. The second-order valence-electron chi connectivity index (χ2n) is 7.01. The Kier molecular flexibility index (Phi) is 6.74. The van der Waals surface area contributed by atoms with Gasteiger partial charge in [0.15, 0.2) is 5.76 Å². The number of benzene rings is 2. The highest BCUT2D eigenvalue weighted by molar-refractivity contribution is 6.30. The Morgan fingerprint density at radius 1 is 1.03 bits per heavy atom. The average Bonchev–Trinajstić information content (AvgIpc) is 3.13. The van der Waals surface area contributed by atoms with Gasteiger partial charge in [0.25, 0.3) is 11.8 Å². The van der Waals surface area contributed by atoms with Gasteiger partial charge in [0.2, 0.25) is 0 Å². The van der Waals surface area contributed by atoms with E-state index in [1.54, 1.807) is 55.5 Å². The topological polar surface area (TPSA) is 93.5 Å². The highest BCUT2D eigenvalue weighted by Gasteiger charge is 2.23. The lowest BCUT2D eigenvalue weighted by Crippen LogP contribution is -2.42. The lowest BCUT2D eigenvalue weighted by molar-refractivity contribution is 0.0845. The van der Waals surface area contributed by atoms with Crippen LogP contribution in [0.25, 0.3) is 0 Å². The molecule has 0 bridgehead atoms. The van der Waals surface area contributed by atoms with E-state index in [1.165, 1.54) is 0 Å². The highest BCUT2D eigenvalue weighted by atomic mass is 35.5. The number of ether oxygens (including phenoxy) is 1. The number of rotatable bonds is 6. The van der Waals surface area contributed by atoms with Gasteiger partial charge < -0.3 is 9.26 Å². The Bertz CT molecular complexity index is 1030. The monoisotopic (exact) mass is 427 g/mol. The predicted octanol–water partition coefficient (Wildman–Crippen LogP) is 4.41. The third-order valence-electron chi connectivity index (χ3n) is 4.37. The summed E-state index contributed by atoms with van der Waals surface area (Å²) >= 11 is 5.85. The summed E-state index contributed by atoms with van der Waals surface area (Å²) in [7, 11) is 0. The molecule has 0 fully saturated rings. The molecule has 1 heterocycles. The van der Waals surface area contributed by atoms with E-state index in [2.05, 4.69) is 16.0 Å². The number of halogens is 1. The quantitative estimate of drug-likeness (QED) is 0.568. The van der Waals surface area contributed by atoms with Crippen LogP contribution in [-0.4, -0.2) is 17.0 Å². The summed E-state index contributed by atoms with van der Waals surface area (Å²) in [5.74, 6) is 0.260. The molecule has 7 nitrogen and oxygen atoms in total. The van der Waals surface area contributed by atoms with E-state index < -0.39 is 11.8 Å². The van der Waals surface area contributed by atoms with Gasteiger partial charge >= 0.3 is 0 Å². The number of hydrogen-bond acceptors (Lipinski definition) is 5. The molecule has 0 radical (unpaired) electrons. The summed E-state index contributed by atoms with van der Waals surface area (Å²) in [5, 5.41) is 4.47. The van der Waals surface area contributed by atoms with Gasteiger partial charge in [-0.1, -0.05) is 42.7 Å². The van der Waals surface area contributed by atoms with Crippen LogP contribution < -0.4 is 15.6 Å². The van der Waals surface area contributed by atoms with E-state index >= 15 is 0 Å². The standard InChI is InChI=1S/C22H22ClN3O4/c1-13(2)20-19(14(3)26-30-20)22(28)25-24-21(27)16-6-4-15(5-7-16)12-29-18-10-8-17(23)9-11-18/h4-11,13H,12H2,1-3H3,(H,24,27)(H,25,28).